The Morgan fingerprint density at radius 1 is 1.06 bits per heavy atom. The van der Waals surface area contributed by atoms with Crippen molar-refractivity contribution in [3.8, 4) is 23.0 Å². The number of fused-ring (bicyclic) bond motifs is 1. The van der Waals surface area contributed by atoms with Gasteiger partial charge in [0.1, 0.15) is 18.2 Å². The van der Waals surface area contributed by atoms with Gasteiger partial charge in [-0.05, 0) is 64.1 Å². The Bertz CT molecular complexity index is 1920. The van der Waals surface area contributed by atoms with Crippen molar-refractivity contribution in [1.82, 2.24) is 34.3 Å². The average molecular weight is 691 g/mol. The Morgan fingerprint density at radius 3 is 2.31 bits per heavy atom. The van der Waals surface area contributed by atoms with Gasteiger partial charge in [-0.2, -0.15) is 15.0 Å². The highest BCUT2D eigenvalue weighted by Crippen LogP contribution is 2.37. The molecule has 0 N–H and O–H groups in total. The Labute approximate surface area is 291 Å². The lowest BCUT2D eigenvalue weighted by Gasteiger charge is -2.44. The number of pyridine rings is 1. The van der Waals surface area contributed by atoms with E-state index < -0.39 is 11.5 Å². The number of benzene rings is 1. The number of carbonyl (C=O) groups excluding carboxylic acids is 1. The summed E-state index contributed by atoms with van der Waals surface area (Å²) < 4.78 is 22.6. The molecular formula is C36H44ClFN8O3. The molecule has 4 aromatic rings. The highest BCUT2D eigenvalue weighted by Gasteiger charge is 2.34. The molecule has 0 saturated carbocycles. The lowest BCUT2D eigenvalue weighted by molar-refractivity contribution is -0.128. The van der Waals surface area contributed by atoms with Crippen molar-refractivity contribution >= 4 is 34.4 Å². The molecule has 0 radical (unpaired) electrons. The van der Waals surface area contributed by atoms with E-state index in [9.17, 15) is 9.59 Å². The molecule has 2 atom stereocenters. The van der Waals surface area contributed by atoms with E-state index >= 15 is 4.39 Å². The minimum absolute atomic E-state index is 0.150. The fraction of sp³-hybridized carbons (Fsp3) is 0.444. The zero-order chi connectivity index (χ0) is 35.7. The Balaban J connectivity index is 1.82. The number of anilines is 1. The van der Waals surface area contributed by atoms with E-state index in [-0.39, 0.29) is 57.8 Å². The minimum atomic E-state index is -0.602. The van der Waals surface area contributed by atoms with E-state index in [1.807, 2.05) is 65.4 Å². The number of hydrogen-bond acceptors (Lipinski definition) is 9. The molecule has 1 saturated heterocycles. The van der Waals surface area contributed by atoms with Gasteiger partial charge >= 0.3 is 11.7 Å². The van der Waals surface area contributed by atoms with Gasteiger partial charge in [-0.15, -0.1) is 0 Å². The van der Waals surface area contributed by atoms with Crippen LogP contribution in [0, 0.1) is 5.82 Å². The van der Waals surface area contributed by atoms with Crippen LogP contribution in [-0.4, -0.2) is 92.6 Å². The summed E-state index contributed by atoms with van der Waals surface area (Å²) in [5, 5.41) is 0.684. The van der Waals surface area contributed by atoms with E-state index in [1.54, 1.807) is 29.2 Å². The first kappa shape index (κ1) is 35.9. The maximum absolute atomic E-state index is 15.2. The van der Waals surface area contributed by atoms with E-state index in [4.69, 9.17) is 31.3 Å². The third kappa shape index (κ3) is 7.16. The van der Waals surface area contributed by atoms with Crippen LogP contribution in [-0.2, 0) is 4.79 Å². The lowest BCUT2D eigenvalue weighted by atomic mass is 10.0. The summed E-state index contributed by atoms with van der Waals surface area (Å²) in [6.45, 7) is 17.3. The van der Waals surface area contributed by atoms with Gasteiger partial charge in [-0.25, -0.2) is 18.7 Å². The van der Waals surface area contributed by atoms with Crippen molar-refractivity contribution < 1.29 is 13.9 Å². The molecule has 1 amide bonds. The van der Waals surface area contributed by atoms with Gasteiger partial charge in [-0.1, -0.05) is 58.0 Å². The van der Waals surface area contributed by atoms with Gasteiger partial charge in [-0.3, -0.25) is 4.79 Å². The number of aromatic nitrogens is 5. The van der Waals surface area contributed by atoms with Gasteiger partial charge in [0.25, 0.3) is 0 Å². The minimum Gasteiger partial charge on any atom is -0.462 e. The molecule has 1 fully saturated rings. The van der Waals surface area contributed by atoms with Gasteiger partial charge in [0.05, 0.1) is 33.2 Å². The van der Waals surface area contributed by atoms with Crippen molar-refractivity contribution in [2.75, 3.05) is 45.2 Å². The number of carbonyl (C=O) groups is 1. The van der Waals surface area contributed by atoms with E-state index in [0.29, 0.717) is 54.5 Å². The van der Waals surface area contributed by atoms with E-state index in [1.165, 1.54) is 16.7 Å². The highest BCUT2D eigenvalue weighted by molar-refractivity contribution is 6.33. The summed E-state index contributed by atoms with van der Waals surface area (Å²) in [4.78, 5) is 52.1. The third-order valence-corrected chi connectivity index (χ3v) is 8.94. The predicted molar refractivity (Wildman–Crippen MR) is 192 cm³/mol. The molecule has 260 valence electrons. The number of piperazine rings is 1. The number of amides is 1. The second kappa shape index (κ2) is 14.6. The summed E-state index contributed by atoms with van der Waals surface area (Å²) in [6.07, 6.45) is 1.31. The molecule has 1 aromatic carbocycles. The third-order valence-electron chi connectivity index (χ3n) is 8.65. The summed E-state index contributed by atoms with van der Waals surface area (Å²) in [6, 6.07) is 7.73. The summed E-state index contributed by atoms with van der Waals surface area (Å²) >= 11 is 6.89. The largest absolute Gasteiger partial charge is 0.462 e. The van der Waals surface area contributed by atoms with Crippen LogP contribution in [0.15, 0.2) is 47.8 Å². The molecule has 4 heterocycles. The van der Waals surface area contributed by atoms with E-state index in [0.717, 1.165) is 0 Å². The van der Waals surface area contributed by atoms with Gasteiger partial charge in [0.15, 0.2) is 5.65 Å². The zero-order valence-electron chi connectivity index (χ0n) is 29.4. The number of halogens is 2. The number of rotatable bonds is 10. The lowest BCUT2D eigenvalue weighted by Crippen LogP contribution is -2.58. The fourth-order valence-corrected chi connectivity index (χ4v) is 6.35. The fourth-order valence-electron chi connectivity index (χ4n) is 6.10. The van der Waals surface area contributed by atoms with Crippen molar-refractivity contribution in [2.45, 2.75) is 65.5 Å². The van der Waals surface area contributed by atoms with Crippen LogP contribution < -0.4 is 15.3 Å². The molecule has 11 nitrogen and oxygen atoms in total. The molecule has 0 aliphatic carbocycles. The van der Waals surface area contributed by atoms with Crippen molar-refractivity contribution in [3.63, 3.8) is 0 Å². The van der Waals surface area contributed by atoms with Crippen molar-refractivity contribution in [3.05, 3.63) is 75.7 Å². The topological polar surface area (TPSA) is 110 Å². The van der Waals surface area contributed by atoms with Crippen LogP contribution >= 0.6 is 11.6 Å². The zero-order valence-corrected chi connectivity index (χ0v) is 30.1. The molecule has 1 aliphatic heterocycles. The Hall–Kier alpha value is -4.42. The van der Waals surface area contributed by atoms with Crippen LogP contribution in [0.5, 0.6) is 6.01 Å². The number of hydrogen-bond donors (Lipinski definition) is 0. The second-order valence-corrected chi connectivity index (χ2v) is 13.8. The number of nitrogens with zero attached hydrogens (tertiary/aromatic N) is 8. The van der Waals surface area contributed by atoms with Gasteiger partial charge < -0.3 is 19.4 Å². The van der Waals surface area contributed by atoms with Crippen molar-refractivity contribution in [2.24, 2.45) is 0 Å². The first-order valence-electron chi connectivity index (χ1n) is 16.5. The molecular weight excluding hydrogens is 647 g/mol. The molecule has 0 unspecified atom stereocenters. The maximum atomic E-state index is 15.2. The normalized spacial score (nSPS) is 16.7. The number of ether oxygens (including phenoxy) is 1. The monoisotopic (exact) mass is 690 g/mol. The molecule has 5 rings (SSSR count). The standard InChI is InChI=1S/C36H44ClFN8O3/c1-10-28(47)44-18-23(7)45(19-22(44)6)33-25-17-26(37)31(24-13-11-12-14-27(24)38)39-34(25)46(36(48)42-33)32-29(20(2)3)40-35(41-30(32)21(4)5)49-16-15-43(8)9/h10-14,17,20-23H,1,15-16,18-19H2,2-9H3/t22-,23+/m1/s1. The maximum Gasteiger partial charge on any atom is 0.355 e. The van der Waals surface area contributed by atoms with Crippen LogP contribution in [0.25, 0.3) is 28.0 Å². The average Bonchev–Trinajstić information content (AvgIpc) is 3.05. The summed E-state index contributed by atoms with van der Waals surface area (Å²) in [5.74, 6) is -0.593. The van der Waals surface area contributed by atoms with Crippen LogP contribution in [0.3, 0.4) is 0 Å². The SMILES string of the molecule is C=CC(=O)N1C[C@H](C)N(c2nc(=O)n(-c3c(C(C)C)nc(OCCN(C)C)nc3C(C)C)c3nc(-c4ccccc4F)c(Cl)cc23)C[C@H]1C. The summed E-state index contributed by atoms with van der Waals surface area (Å²) in [5.41, 5.74) is 1.63. The second-order valence-electron chi connectivity index (χ2n) is 13.4. The smallest absolute Gasteiger partial charge is 0.355 e. The quantitative estimate of drug-likeness (QED) is 0.190. The molecule has 49 heavy (non-hydrogen) atoms. The van der Waals surface area contributed by atoms with Crippen LogP contribution in [0.1, 0.15) is 64.8 Å². The molecule has 13 heteroatoms. The van der Waals surface area contributed by atoms with Crippen LogP contribution in [0.2, 0.25) is 5.02 Å². The first-order chi connectivity index (χ1) is 23.2. The van der Waals surface area contributed by atoms with Crippen molar-refractivity contribution in [1.29, 1.82) is 0 Å². The van der Waals surface area contributed by atoms with Crippen LogP contribution in [0.4, 0.5) is 10.2 Å². The Morgan fingerprint density at radius 2 is 1.71 bits per heavy atom. The molecule has 0 spiro atoms. The highest BCUT2D eigenvalue weighted by atomic mass is 35.5. The number of likely N-dealkylation sites (N-methyl/N-ethyl adjacent to an activating group) is 1. The molecule has 1 aliphatic rings. The molecule has 0 bridgehead atoms. The Kier molecular flexibility index (Phi) is 10.7. The summed E-state index contributed by atoms with van der Waals surface area (Å²) in [7, 11) is 3.91. The van der Waals surface area contributed by atoms with Gasteiger partial charge in [0, 0.05) is 37.3 Å². The molecule has 3 aromatic heterocycles. The van der Waals surface area contributed by atoms with E-state index in [2.05, 4.69) is 11.6 Å². The first-order valence-corrected chi connectivity index (χ1v) is 16.9. The predicted octanol–water partition coefficient (Wildman–Crippen LogP) is 5.83. The van der Waals surface area contributed by atoms with Gasteiger partial charge in [0.2, 0.25) is 5.91 Å².